The fourth-order valence-electron chi connectivity index (χ4n) is 2.29. The lowest BCUT2D eigenvalue weighted by atomic mass is 9.98. The Kier molecular flexibility index (Phi) is 4.60. The van der Waals surface area contributed by atoms with E-state index in [2.05, 4.69) is 10.3 Å². The summed E-state index contributed by atoms with van der Waals surface area (Å²) >= 11 is 0. The van der Waals surface area contributed by atoms with Crippen LogP contribution in [0.4, 0.5) is 0 Å². The summed E-state index contributed by atoms with van der Waals surface area (Å²) in [4.78, 5) is 38.0. The van der Waals surface area contributed by atoms with Crippen LogP contribution in [0.25, 0.3) is 10.9 Å². The number of benzene rings is 1. The zero-order valence-electron chi connectivity index (χ0n) is 12.4. The van der Waals surface area contributed by atoms with Crippen molar-refractivity contribution in [1.29, 1.82) is 0 Å². The molecule has 1 heterocycles. The van der Waals surface area contributed by atoms with Gasteiger partial charge < -0.3 is 15.4 Å². The molecule has 0 saturated heterocycles. The molecule has 1 aromatic carbocycles. The molecule has 2 unspecified atom stereocenters. The monoisotopic (exact) mass is 302 g/mol. The summed E-state index contributed by atoms with van der Waals surface area (Å²) in [6.45, 7) is 3.62. The SMILES string of the molecule is CCC(C)C(NC(=O)c1cc(=O)[nH]c2ccccc12)C(=O)O. The number of aromatic nitrogens is 1. The summed E-state index contributed by atoms with van der Waals surface area (Å²) in [6, 6.07) is 7.10. The van der Waals surface area contributed by atoms with Crippen molar-refractivity contribution in [2.24, 2.45) is 5.92 Å². The number of nitrogens with one attached hydrogen (secondary N) is 2. The second kappa shape index (κ2) is 6.43. The topological polar surface area (TPSA) is 99.3 Å². The zero-order valence-corrected chi connectivity index (χ0v) is 12.4. The molecule has 1 amide bonds. The van der Waals surface area contributed by atoms with Gasteiger partial charge in [0.25, 0.3) is 5.91 Å². The lowest BCUT2D eigenvalue weighted by Gasteiger charge is -2.20. The Morgan fingerprint density at radius 2 is 2.00 bits per heavy atom. The molecule has 0 spiro atoms. The summed E-state index contributed by atoms with van der Waals surface area (Å²) in [7, 11) is 0. The number of carbonyl (C=O) groups excluding carboxylic acids is 1. The van der Waals surface area contributed by atoms with E-state index in [1.54, 1.807) is 31.2 Å². The van der Waals surface area contributed by atoms with E-state index >= 15 is 0 Å². The van der Waals surface area contributed by atoms with Crippen molar-refractivity contribution in [2.75, 3.05) is 0 Å². The molecule has 22 heavy (non-hydrogen) atoms. The second-order valence-corrected chi connectivity index (χ2v) is 5.27. The van der Waals surface area contributed by atoms with E-state index in [1.807, 2.05) is 6.92 Å². The Morgan fingerprint density at radius 1 is 1.32 bits per heavy atom. The summed E-state index contributed by atoms with van der Waals surface area (Å²) in [5.74, 6) is -1.86. The molecule has 0 radical (unpaired) electrons. The minimum absolute atomic E-state index is 0.175. The minimum atomic E-state index is -1.09. The maximum absolute atomic E-state index is 12.4. The predicted octanol–water partition coefficient (Wildman–Crippen LogP) is 1.76. The third-order valence-electron chi connectivity index (χ3n) is 3.76. The molecule has 0 aliphatic carbocycles. The molecule has 116 valence electrons. The van der Waals surface area contributed by atoms with E-state index in [0.717, 1.165) is 0 Å². The molecule has 2 rings (SSSR count). The summed E-state index contributed by atoms with van der Waals surface area (Å²) in [6.07, 6.45) is 0.618. The van der Waals surface area contributed by atoms with Gasteiger partial charge in [0, 0.05) is 17.0 Å². The molecule has 2 aromatic rings. The van der Waals surface area contributed by atoms with Crippen molar-refractivity contribution >= 4 is 22.8 Å². The lowest BCUT2D eigenvalue weighted by Crippen LogP contribution is -2.45. The van der Waals surface area contributed by atoms with E-state index in [0.29, 0.717) is 17.3 Å². The number of rotatable bonds is 5. The first-order chi connectivity index (χ1) is 10.4. The first kappa shape index (κ1) is 15.8. The first-order valence-electron chi connectivity index (χ1n) is 7.09. The van der Waals surface area contributed by atoms with E-state index in [9.17, 15) is 19.5 Å². The van der Waals surface area contributed by atoms with Crippen LogP contribution in [-0.2, 0) is 4.79 Å². The molecule has 1 aromatic heterocycles. The lowest BCUT2D eigenvalue weighted by molar-refractivity contribution is -0.140. The number of aromatic amines is 1. The molecule has 2 atom stereocenters. The highest BCUT2D eigenvalue weighted by molar-refractivity contribution is 6.06. The number of para-hydroxylation sites is 1. The average molecular weight is 302 g/mol. The highest BCUT2D eigenvalue weighted by Crippen LogP contribution is 2.16. The number of H-pyrrole nitrogens is 1. The quantitative estimate of drug-likeness (QED) is 0.783. The van der Waals surface area contributed by atoms with Gasteiger partial charge in [-0.1, -0.05) is 38.5 Å². The predicted molar refractivity (Wildman–Crippen MR) is 82.9 cm³/mol. The van der Waals surface area contributed by atoms with Gasteiger partial charge in [0.05, 0.1) is 5.56 Å². The van der Waals surface area contributed by atoms with Crippen LogP contribution < -0.4 is 10.9 Å². The van der Waals surface area contributed by atoms with Gasteiger partial charge in [0.2, 0.25) is 5.56 Å². The Balaban J connectivity index is 2.41. The fourth-order valence-corrected chi connectivity index (χ4v) is 2.29. The Hall–Kier alpha value is -2.63. The highest BCUT2D eigenvalue weighted by atomic mass is 16.4. The van der Waals surface area contributed by atoms with Crippen LogP contribution in [-0.4, -0.2) is 28.0 Å². The van der Waals surface area contributed by atoms with Crippen LogP contribution in [0.2, 0.25) is 0 Å². The van der Waals surface area contributed by atoms with Gasteiger partial charge in [0.15, 0.2) is 0 Å². The molecule has 3 N–H and O–H groups in total. The number of carboxylic acids is 1. The van der Waals surface area contributed by atoms with E-state index in [4.69, 9.17) is 0 Å². The highest BCUT2D eigenvalue weighted by Gasteiger charge is 2.26. The fraction of sp³-hybridized carbons (Fsp3) is 0.312. The van der Waals surface area contributed by atoms with E-state index in [-0.39, 0.29) is 11.5 Å². The van der Waals surface area contributed by atoms with Crippen molar-refractivity contribution in [2.45, 2.75) is 26.3 Å². The van der Waals surface area contributed by atoms with Crippen LogP contribution in [0.1, 0.15) is 30.6 Å². The smallest absolute Gasteiger partial charge is 0.326 e. The van der Waals surface area contributed by atoms with Crippen LogP contribution in [0.15, 0.2) is 35.1 Å². The molecule has 0 aliphatic rings. The number of fused-ring (bicyclic) bond motifs is 1. The summed E-state index contributed by atoms with van der Waals surface area (Å²) < 4.78 is 0. The maximum atomic E-state index is 12.4. The van der Waals surface area contributed by atoms with Crippen LogP contribution in [0, 0.1) is 5.92 Å². The average Bonchev–Trinajstić information content (AvgIpc) is 2.50. The van der Waals surface area contributed by atoms with E-state index in [1.165, 1.54) is 6.07 Å². The number of carboxylic acid groups (broad SMARTS) is 1. The van der Waals surface area contributed by atoms with E-state index < -0.39 is 23.5 Å². The third kappa shape index (κ3) is 3.16. The van der Waals surface area contributed by atoms with Crippen molar-refractivity contribution in [3.05, 3.63) is 46.2 Å². The Morgan fingerprint density at radius 3 is 2.64 bits per heavy atom. The van der Waals surface area contributed by atoms with Gasteiger partial charge in [0.1, 0.15) is 6.04 Å². The van der Waals surface area contributed by atoms with Gasteiger partial charge in [-0.15, -0.1) is 0 Å². The summed E-state index contributed by atoms with van der Waals surface area (Å²) in [5, 5.41) is 12.3. The molecule has 0 fully saturated rings. The normalized spacial score (nSPS) is 13.5. The third-order valence-corrected chi connectivity index (χ3v) is 3.76. The number of pyridine rings is 1. The molecular weight excluding hydrogens is 284 g/mol. The zero-order chi connectivity index (χ0) is 16.3. The molecule has 0 bridgehead atoms. The standard InChI is InChI=1S/C16H18N2O4/c1-3-9(2)14(16(21)22)18-15(20)11-8-13(19)17-12-7-5-4-6-10(11)12/h4-9,14H,3H2,1-2H3,(H,17,19)(H,18,20)(H,21,22). The molecule has 6 heteroatoms. The van der Waals surface area contributed by atoms with Gasteiger partial charge in [-0.2, -0.15) is 0 Å². The van der Waals surface area contributed by atoms with Crippen molar-refractivity contribution in [1.82, 2.24) is 10.3 Å². The molecule has 6 nitrogen and oxygen atoms in total. The van der Waals surface area contributed by atoms with Crippen LogP contribution in [0.3, 0.4) is 0 Å². The molecule has 0 aliphatic heterocycles. The van der Waals surface area contributed by atoms with Crippen LogP contribution in [0.5, 0.6) is 0 Å². The van der Waals surface area contributed by atoms with Gasteiger partial charge >= 0.3 is 5.97 Å². The minimum Gasteiger partial charge on any atom is -0.480 e. The maximum Gasteiger partial charge on any atom is 0.326 e. The van der Waals surface area contributed by atoms with Crippen molar-refractivity contribution in [3.8, 4) is 0 Å². The number of carbonyl (C=O) groups is 2. The van der Waals surface area contributed by atoms with Gasteiger partial charge in [-0.25, -0.2) is 4.79 Å². The molecule has 0 saturated carbocycles. The number of hydrogen-bond donors (Lipinski definition) is 3. The first-order valence-corrected chi connectivity index (χ1v) is 7.09. The van der Waals surface area contributed by atoms with Crippen molar-refractivity contribution in [3.63, 3.8) is 0 Å². The Labute approximate surface area is 127 Å². The van der Waals surface area contributed by atoms with Crippen LogP contribution >= 0.6 is 0 Å². The van der Waals surface area contributed by atoms with Crippen molar-refractivity contribution < 1.29 is 14.7 Å². The van der Waals surface area contributed by atoms with Gasteiger partial charge in [-0.3, -0.25) is 9.59 Å². The molecular formula is C16H18N2O4. The number of amides is 1. The Bertz CT molecular complexity index is 766. The number of hydrogen-bond acceptors (Lipinski definition) is 3. The number of aliphatic carboxylic acids is 1. The largest absolute Gasteiger partial charge is 0.480 e. The second-order valence-electron chi connectivity index (χ2n) is 5.27. The van der Waals surface area contributed by atoms with Gasteiger partial charge in [-0.05, 0) is 12.0 Å². The summed E-state index contributed by atoms with van der Waals surface area (Å²) in [5.41, 5.74) is 0.309.